The van der Waals surface area contributed by atoms with Crippen molar-refractivity contribution >= 4 is 29.5 Å². The maximum Gasteiger partial charge on any atom is 0.308 e. The van der Waals surface area contributed by atoms with Gasteiger partial charge < -0.3 is 14.6 Å². The molecule has 0 aliphatic heterocycles. The second-order valence-electron chi connectivity index (χ2n) is 6.07. The van der Waals surface area contributed by atoms with Crippen LogP contribution in [0.1, 0.15) is 51.3 Å². The minimum Gasteiger partial charge on any atom is -0.481 e. The standard InChI is InChI=1S/C20H14O8/c1-9(21)27-14-7-11(8-15(23)24)20(28-10(2)22)17-16(14)18(25)12-5-3-4-6-13(12)19(17)26/h3-7H,8H2,1-2H3,(H,23,24). The molecule has 0 unspecified atom stereocenters. The number of carbonyl (C=O) groups excluding carboxylic acids is 4. The summed E-state index contributed by atoms with van der Waals surface area (Å²) in [6.07, 6.45) is -0.618. The molecule has 8 heteroatoms. The van der Waals surface area contributed by atoms with Gasteiger partial charge in [-0.2, -0.15) is 0 Å². The Bertz CT molecular complexity index is 1060. The molecule has 0 amide bonds. The summed E-state index contributed by atoms with van der Waals surface area (Å²) in [5.74, 6) is -4.65. The number of carbonyl (C=O) groups is 5. The van der Waals surface area contributed by atoms with Crippen LogP contribution in [-0.2, 0) is 20.8 Å². The smallest absolute Gasteiger partial charge is 0.308 e. The number of benzene rings is 2. The molecule has 0 heterocycles. The summed E-state index contributed by atoms with van der Waals surface area (Å²) in [7, 11) is 0. The number of carboxylic acid groups (broad SMARTS) is 1. The van der Waals surface area contributed by atoms with Crippen molar-refractivity contribution in [2.24, 2.45) is 0 Å². The summed E-state index contributed by atoms with van der Waals surface area (Å²) >= 11 is 0. The van der Waals surface area contributed by atoms with Crippen LogP contribution in [0, 0.1) is 0 Å². The van der Waals surface area contributed by atoms with Gasteiger partial charge in [-0.1, -0.05) is 24.3 Å². The van der Waals surface area contributed by atoms with Crippen LogP contribution in [0.15, 0.2) is 30.3 Å². The highest BCUT2D eigenvalue weighted by Crippen LogP contribution is 2.41. The van der Waals surface area contributed by atoms with Gasteiger partial charge in [0.25, 0.3) is 0 Å². The molecule has 1 N–H and O–H groups in total. The Morgan fingerprint density at radius 2 is 1.43 bits per heavy atom. The highest BCUT2D eigenvalue weighted by molar-refractivity contribution is 6.30. The van der Waals surface area contributed by atoms with Crippen molar-refractivity contribution in [3.8, 4) is 11.5 Å². The zero-order chi connectivity index (χ0) is 20.6. The van der Waals surface area contributed by atoms with E-state index in [1.54, 1.807) is 12.1 Å². The molecule has 8 nitrogen and oxygen atoms in total. The van der Waals surface area contributed by atoms with Crippen molar-refractivity contribution in [1.29, 1.82) is 0 Å². The molecule has 2 aromatic rings. The van der Waals surface area contributed by atoms with Gasteiger partial charge in [-0.3, -0.25) is 24.0 Å². The Morgan fingerprint density at radius 1 is 0.893 bits per heavy atom. The summed E-state index contributed by atoms with van der Waals surface area (Å²) in [6, 6.07) is 7.16. The zero-order valence-electron chi connectivity index (χ0n) is 14.9. The van der Waals surface area contributed by atoms with Crippen molar-refractivity contribution in [2.75, 3.05) is 0 Å². The van der Waals surface area contributed by atoms with Crippen LogP contribution >= 0.6 is 0 Å². The van der Waals surface area contributed by atoms with Crippen LogP contribution in [0.3, 0.4) is 0 Å². The third kappa shape index (κ3) is 3.27. The first-order valence-corrected chi connectivity index (χ1v) is 8.17. The van der Waals surface area contributed by atoms with E-state index in [2.05, 4.69) is 0 Å². The van der Waals surface area contributed by atoms with E-state index in [4.69, 9.17) is 9.47 Å². The van der Waals surface area contributed by atoms with Crippen LogP contribution < -0.4 is 9.47 Å². The monoisotopic (exact) mass is 382 g/mol. The maximum absolute atomic E-state index is 13.1. The third-order valence-corrected chi connectivity index (χ3v) is 4.03. The Morgan fingerprint density at radius 3 is 1.93 bits per heavy atom. The average Bonchev–Trinajstić information content (AvgIpc) is 2.60. The molecular weight excluding hydrogens is 368 g/mol. The van der Waals surface area contributed by atoms with Crippen molar-refractivity contribution in [2.45, 2.75) is 20.3 Å². The van der Waals surface area contributed by atoms with E-state index in [0.29, 0.717) is 0 Å². The minimum atomic E-state index is -1.27. The fourth-order valence-corrected chi connectivity index (χ4v) is 3.07. The lowest BCUT2D eigenvalue weighted by Gasteiger charge is -2.23. The molecule has 0 fully saturated rings. The molecule has 0 bridgehead atoms. The van der Waals surface area contributed by atoms with E-state index in [9.17, 15) is 29.1 Å². The van der Waals surface area contributed by atoms with Gasteiger partial charge in [-0.05, 0) is 6.07 Å². The molecule has 3 rings (SSSR count). The summed E-state index contributed by atoms with van der Waals surface area (Å²) in [4.78, 5) is 60.5. The molecule has 0 atom stereocenters. The number of rotatable bonds is 4. The molecule has 0 radical (unpaired) electrons. The van der Waals surface area contributed by atoms with Gasteiger partial charge in [-0.25, -0.2) is 0 Å². The topological polar surface area (TPSA) is 124 Å². The quantitative estimate of drug-likeness (QED) is 0.536. The second-order valence-corrected chi connectivity index (χ2v) is 6.07. The van der Waals surface area contributed by atoms with E-state index >= 15 is 0 Å². The molecule has 0 saturated carbocycles. The van der Waals surface area contributed by atoms with Crippen LogP contribution in [0.2, 0.25) is 0 Å². The predicted octanol–water partition coefficient (Wildman–Crippen LogP) is 1.94. The second kappa shape index (κ2) is 7.07. The molecule has 1 aliphatic rings. The molecule has 0 spiro atoms. The number of hydrogen-bond acceptors (Lipinski definition) is 7. The van der Waals surface area contributed by atoms with Crippen molar-refractivity contribution in [3.05, 3.63) is 58.1 Å². The third-order valence-electron chi connectivity index (χ3n) is 4.03. The highest BCUT2D eigenvalue weighted by Gasteiger charge is 2.37. The van der Waals surface area contributed by atoms with E-state index in [0.717, 1.165) is 19.9 Å². The van der Waals surface area contributed by atoms with Gasteiger partial charge in [0.1, 0.15) is 11.5 Å². The fraction of sp³-hybridized carbons (Fsp3) is 0.150. The molecule has 28 heavy (non-hydrogen) atoms. The Labute approximate surface area is 158 Å². The van der Waals surface area contributed by atoms with E-state index in [1.807, 2.05) is 0 Å². The SMILES string of the molecule is CC(=O)Oc1cc(CC(=O)O)c(OC(C)=O)c2c1C(=O)c1ccccc1C2=O. The van der Waals surface area contributed by atoms with Gasteiger partial charge in [0.05, 0.1) is 17.5 Å². The molecule has 0 aromatic heterocycles. The van der Waals surface area contributed by atoms with Crippen molar-refractivity contribution < 1.29 is 38.6 Å². The first-order chi connectivity index (χ1) is 13.2. The predicted molar refractivity (Wildman–Crippen MR) is 93.7 cm³/mol. The molecule has 2 aromatic carbocycles. The summed E-state index contributed by atoms with van der Waals surface area (Å²) < 4.78 is 10.2. The lowest BCUT2D eigenvalue weighted by atomic mass is 9.81. The van der Waals surface area contributed by atoms with Gasteiger partial charge >= 0.3 is 17.9 Å². The average molecular weight is 382 g/mol. The van der Waals surface area contributed by atoms with Crippen molar-refractivity contribution in [3.63, 3.8) is 0 Å². The van der Waals surface area contributed by atoms with Gasteiger partial charge in [0, 0.05) is 30.5 Å². The number of esters is 2. The largest absolute Gasteiger partial charge is 0.481 e. The summed E-state index contributed by atoms with van der Waals surface area (Å²) in [5, 5.41) is 9.18. The van der Waals surface area contributed by atoms with Crippen LogP contribution in [0.25, 0.3) is 0 Å². The van der Waals surface area contributed by atoms with Crippen LogP contribution in [0.5, 0.6) is 11.5 Å². The van der Waals surface area contributed by atoms with Gasteiger partial charge in [0.15, 0.2) is 11.6 Å². The number of ether oxygens (including phenoxy) is 2. The lowest BCUT2D eigenvalue weighted by molar-refractivity contribution is -0.137. The number of aliphatic carboxylic acids is 1. The molecule has 1 aliphatic carbocycles. The summed E-state index contributed by atoms with van der Waals surface area (Å²) in [5.41, 5.74) is -0.431. The number of fused-ring (bicyclic) bond motifs is 2. The van der Waals surface area contributed by atoms with Crippen LogP contribution in [0.4, 0.5) is 0 Å². The van der Waals surface area contributed by atoms with Crippen molar-refractivity contribution in [1.82, 2.24) is 0 Å². The Balaban J connectivity index is 2.39. The number of ketones is 2. The first-order valence-electron chi connectivity index (χ1n) is 8.17. The van der Waals surface area contributed by atoms with E-state index in [1.165, 1.54) is 12.1 Å². The molecule has 0 saturated heterocycles. The lowest BCUT2D eigenvalue weighted by Crippen LogP contribution is -2.25. The Kier molecular flexibility index (Phi) is 4.79. The van der Waals surface area contributed by atoms with E-state index < -0.39 is 35.9 Å². The number of carboxylic acids is 1. The number of hydrogen-bond donors (Lipinski definition) is 1. The fourth-order valence-electron chi connectivity index (χ4n) is 3.07. The molecule has 142 valence electrons. The molecular formula is C20H14O8. The van der Waals surface area contributed by atoms with Crippen LogP contribution in [-0.4, -0.2) is 34.6 Å². The highest BCUT2D eigenvalue weighted by atomic mass is 16.5. The van der Waals surface area contributed by atoms with E-state index in [-0.39, 0.29) is 39.3 Å². The Hall–Kier alpha value is -3.81. The maximum atomic E-state index is 13.1. The zero-order valence-corrected chi connectivity index (χ0v) is 14.9. The normalized spacial score (nSPS) is 12.1. The summed E-state index contributed by atoms with van der Waals surface area (Å²) in [6.45, 7) is 2.19. The van der Waals surface area contributed by atoms with Gasteiger partial charge in [-0.15, -0.1) is 0 Å². The minimum absolute atomic E-state index is 0.0711. The van der Waals surface area contributed by atoms with Gasteiger partial charge in [0.2, 0.25) is 0 Å². The first kappa shape index (κ1) is 19.0.